The molecular weight excluding hydrogens is 1480 g/mol. The number of ether oxygens (including phenoxy) is 3. The maximum atomic E-state index is 14.1. The van der Waals surface area contributed by atoms with E-state index in [-0.39, 0.29) is 153 Å². The van der Waals surface area contributed by atoms with E-state index in [1.54, 1.807) is 0 Å². The summed E-state index contributed by atoms with van der Waals surface area (Å²) in [6, 6.07) is 1.94. The van der Waals surface area contributed by atoms with Crippen molar-refractivity contribution in [3.05, 3.63) is 17.7 Å². The van der Waals surface area contributed by atoms with Crippen LogP contribution in [0.25, 0.3) is 0 Å². The summed E-state index contributed by atoms with van der Waals surface area (Å²) in [5.74, 6) is -115. The molecule has 0 aliphatic carbocycles. The van der Waals surface area contributed by atoms with Crippen molar-refractivity contribution in [3.8, 4) is 17.2 Å². The Balaban J connectivity index is 3.01. The van der Waals surface area contributed by atoms with Crippen LogP contribution in [0.15, 0.2) is 12.1 Å². The molecule has 0 amide bonds. The molecule has 0 aliphatic rings. The number of carboxylic acid groups (broad SMARTS) is 1. The van der Waals surface area contributed by atoms with Crippen LogP contribution in [0.3, 0.4) is 0 Å². The largest absolute Gasteiger partial charge is 0.490 e. The number of benzene rings is 1. The first-order chi connectivity index (χ1) is 44.3. The van der Waals surface area contributed by atoms with Gasteiger partial charge in [-0.25, -0.2) is 4.79 Å². The van der Waals surface area contributed by atoms with Crippen LogP contribution < -0.4 is 14.2 Å². The molecule has 586 valence electrons. The highest BCUT2D eigenvalue weighted by molar-refractivity contribution is 5.89. The van der Waals surface area contributed by atoms with Crippen molar-refractivity contribution in [1.82, 2.24) is 0 Å². The highest BCUT2D eigenvalue weighted by Gasteiger charge is 2.93. The molecular formula is C55H63F39O5. The molecule has 0 radical (unpaired) electrons. The Morgan fingerprint density at radius 1 is 0.242 bits per heavy atom. The van der Waals surface area contributed by atoms with E-state index in [0.29, 0.717) is 0 Å². The lowest BCUT2D eigenvalue weighted by Crippen LogP contribution is -2.70. The molecule has 1 rings (SSSR count). The fourth-order valence-electron chi connectivity index (χ4n) is 9.00. The quantitative estimate of drug-likeness (QED) is 0.0520. The van der Waals surface area contributed by atoms with Gasteiger partial charge in [0.1, 0.15) is 0 Å². The van der Waals surface area contributed by atoms with Gasteiger partial charge in [0.25, 0.3) is 0 Å². The Kier molecular flexibility index (Phi) is 31.6. The number of carboxylic acids is 1. The van der Waals surface area contributed by atoms with Crippen LogP contribution in [-0.2, 0) is 0 Å². The lowest BCUT2D eigenvalue weighted by atomic mass is 9.91. The smallest absolute Gasteiger partial charge is 0.460 e. The first-order valence-corrected chi connectivity index (χ1v) is 29.5. The molecule has 0 saturated carbocycles. The van der Waals surface area contributed by atoms with Crippen molar-refractivity contribution in [2.45, 2.75) is 281 Å². The molecule has 44 heteroatoms. The summed E-state index contributed by atoms with van der Waals surface area (Å²) in [5, 5.41) is 9.83. The van der Waals surface area contributed by atoms with E-state index in [4.69, 9.17) is 14.2 Å². The van der Waals surface area contributed by atoms with Crippen LogP contribution >= 0.6 is 0 Å². The van der Waals surface area contributed by atoms with Gasteiger partial charge >= 0.3 is 113 Å². The zero-order valence-electron chi connectivity index (χ0n) is 50.7. The van der Waals surface area contributed by atoms with Crippen LogP contribution in [-0.4, -0.2) is 138 Å². The summed E-state index contributed by atoms with van der Waals surface area (Å²) in [6.45, 7) is -0.741. The Hall–Kier alpha value is -4.64. The number of rotatable bonds is 49. The Morgan fingerprint density at radius 3 is 0.606 bits per heavy atom. The molecule has 0 bridgehead atoms. The molecule has 1 aromatic rings. The molecule has 99 heavy (non-hydrogen) atoms. The van der Waals surface area contributed by atoms with Crippen molar-refractivity contribution in [3.63, 3.8) is 0 Å². The van der Waals surface area contributed by atoms with Gasteiger partial charge in [0, 0.05) is 19.3 Å². The number of aromatic carboxylic acids is 1. The summed E-state index contributed by atoms with van der Waals surface area (Å²) in [6.07, 6.45) is -32.3. The van der Waals surface area contributed by atoms with Gasteiger partial charge in [0.05, 0.1) is 25.4 Å². The number of unbranched alkanes of at least 4 members (excludes halogenated alkanes) is 21. The topological polar surface area (TPSA) is 65.0 Å². The van der Waals surface area contributed by atoms with Crippen molar-refractivity contribution in [1.29, 1.82) is 0 Å². The molecule has 5 nitrogen and oxygen atoms in total. The normalized spacial score (nSPS) is 14.9. The third-order valence-electron chi connectivity index (χ3n) is 15.2. The van der Waals surface area contributed by atoms with E-state index in [9.17, 15) is 181 Å². The van der Waals surface area contributed by atoms with Gasteiger partial charge in [-0.1, -0.05) is 116 Å². The minimum absolute atomic E-state index is 0.0865. The lowest BCUT2D eigenvalue weighted by molar-refractivity contribution is -0.440. The summed E-state index contributed by atoms with van der Waals surface area (Å²) in [4.78, 5) is 12.1. The van der Waals surface area contributed by atoms with Gasteiger partial charge in [-0.05, 0) is 50.7 Å². The SMILES string of the molecule is O=C(O)c1cc(OCCCCCCCCCCC(F)(F)C(F)(F)C(F)(F)C(F)(F)C(F)(F)C(F)(F)F)c(OCCCCCCCCCCC(F)(F)C(F)(F)C(F)(F)C(F)(F)C(F)(F)C(F)(F)F)c(OCCCCCCCCCCC(F)(F)C(F)(F)C(F)(F)C(F)(F)C(F)(F)C(F)(F)F)c1. The van der Waals surface area contributed by atoms with Gasteiger partial charge in [0.15, 0.2) is 11.5 Å². The third kappa shape index (κ3) is 20.4. The van der Waals surface area contributed by atoms with Crippen LogP contribution in [0, 0.1) is 0 Å². The Bertz CT molecular complexity index is 2490. The standard InChI is InChI=1S/C55H63F39O5/c56-38(57,41(62,63)44(68,69)47(74,75)50(80,81)53(86,87)88)25-19-13-7-1-4-10-16-22-28-97-34-31-33(37(95)96)32-35(98-29-23-17-11-5-2-8-14-20-26-39(58,59)42(64,65)45(70,71)48(76,77)51(82,83)54(89,90)91)36(34)99-30-24-18-12-6-3-9-15-21-27-40(60,61)43(66,67)46(72,73)49(78,79)52(84,85)55(92,93)94/h31-32H,1-30H2,(H,95,96). The molecule has 1 N–H and O–H groups in total. The second-order valence-electron chi connectivity index (χ2n) is 22.9. The molecule has 0 spiro atoms. The molecule has 0 saturated heterocycles. The average Bonchev–Trinajstić information content (AvgIpc) is 0.726. The highest BCUT2D eigenvalue weighted by Crippen LogP contribution is 2.64. The summed E-state index contributed by atoms with van der Waals surface area (Å²) in [7, 11) is 0. The second-order valence-corrected chi connectivity index (χ2v) is 22.9. The van der Waals surface area contributed by atoms with E-state index < -0.39 is 177 Å². The third-order valence-corrected chi connectivity index (χ3v) is 15.2. The maximum absolute atomic E-state index is 14.1. The predicted molar refractivity (Wildman–Crippen MR) is 267 cm³/mol. The zero-order valence-corrected chi connectivity index (χ0v) is 50.7. The van der Waals surface area contributed by atoms with Crippen molar-refractivity contribution in [2.75, 3.05) is 19.8 Å². The van der Waals surface area contributed by atoms with E-state index in [2.05, 4.69) is 0 Å². The number of hydrogen-bond acceptors (Lipinski definition) is 4. The summed E-state index contributed by atoms with van der Waals surface area (Å²) >= 11 is 0. The van der Waals surface area contributed by atoms with Crippen LogP contribution in [0.1, 0.15) is 184 Å². The highest BCUT2D eigenvalue weighted by atomic mass is 19.5. The maximum Gasteiger partial charge on any atom is 0.460 e. The van der Waals surface area contributed by atoms with Gasteiger partial charge in [-0.2, -0.15) is 171 Å². The van der Waals surface area contributed by atoms with E-state index in [1.807, 2.05) is 0 Å². The lowest BCUT2D eigenvalue weighted by Gasteiger charge is -2.39. The average molecular weight is 1550 g/mol. The number of hydrogen-bond donors (Lipinski definition) is 1. The molecule has 0 aromatic heterocycles. The fourth-order valence-corrected chi connectivity index (χ4v) is 9.00. The van der Waals surface area contributed by atoms with E-state index in [1.165, 1.54) is 0 Å². The van der Waals surface area contributed by atoms with E-state index in [0.717, 1.165) is 12.1 Å². The number of alkyl halides is 39. The Morgan fingerprint density at radius 2 is 0.414 bits per heavy atom. The summed E-state index contributed by atoms with van der Waals surface area (Å²) < 4.78 is 540. The van der Waals surface area contributed by atoms with Crippen molar-refractivity contribution >= 4 is 5.97 Å². The van der Waals surface area contributed by atoms with Crippen molar-refractivity contribution in [2.24, 2.45) is 0 Å². The molecule has 0 aliphatic heterocycles. The first kappa shape index (κ1) is 92.4. The van der Waals surface area contributed by atoms with Crippen LogP contribution in [0.2, 0.25) is 0 Å². The van der Waals surface area contributed by atoms with Crippen LogP contribution in [0.4, 0.5) is 171 Å². The van der Waals surface area contributed by atoms with E-state index >= 15 is 0 Å². The second kappa shape index (κ2) is 33.9. The first-order valence-electron chi connectivity index (χ1n) is 29.5. The predicted octanol–water partition coefficient (Wildman–Crippen LogP) is 24.3. The van der Waals surface area contributed by atoms with Crippen molar-refractivity contribution < 1.29 is 195 Å². The molecule has 0 unspecified atom stereocenters. The van der Waals surface area contributed by atoms with Gasteiger partial charge in [-0.15, -0.1) is 0 Å². The molecule has 0 atom stereocenters. The minimum Gasteiger partial charge on any atom is -0.490 e. The monoisotopic (exact) mass is 1540 g/mol. The van der Waals surface area contributed by atoms with Crippen LogP contribution in [0.5, 0.6) is 17.2 Å². The van der Waals surface area contributed by atoms with Gasteiger partial charge in [0.2, 0.25) is 5.75 Å². The number of carbonyl (C=O) groups is 1. The Labute approximate surface area is 536 Å². The molecule has 1 aromatic carbocycles. The zero-order chi connectivity index (χ0) is 77.6. The summed E-state index contributed by atoms with van der Waals surface area (Å²) in [5.41, 5.74) is -0.484. The molecule has 0 heterocycles. The number of halogens is 39. The fraction of sp³-hybridized carbons (Fsp3) is 0.873. The van der Waals surface area contributed by atoms with Gasteiger partial charge in [-0.3, -0.25) is 0 Å². The molecule has 0 fully saturated rings. The minimum atomic E-state index is -8.05. The van der Waals surface area contributed by atoms with Gasteiger partial charge < -0.3 is 19.3 Å².